The van der Waals surface area contributed by atoms with Crippen LogP contribution in [0, 0.1) is 10.2 Å². The molecule has 0 atom stereocenters. The molecule has 0 amide bonds. The van der Waals surface area contributed by atoms with E-state index >= 15 is 0 Å². The van der Waals surface area contributed by atoms with E-state index in [1.807, 2.05) is 6.07 Å². The molecule has 0 saturated carbocycles. The zero-order valence-electron chi connectivity index (χ0n) is 5.81. The highest BCUT2D eigenvalue weighted by Crippen LogP contribution is 1.70. The third-order valence-electron chi connectivity index (χ3n) is 0.654. The Hall–Kier alpha value is -0.920. The SMILES string of the molecule is [NH2+]=c1cccco1.[O-][Cl+3]([O-])([O-])[O-]. The maximum absolute atomic E-state index is 8.49. The predicted octanol–water partition coefficient (Wildman–Crippen LogP) is -5.82. The van der Waals surface area contributed by atoms with Crippen LogP contribution in [0.5, 0.6) is 0 Å². The molecule has 1 aromatic rings. The fraction of sp³-hybridized carbons (Fsp3) is 0. The standard InChI is InChI=1S/C5H5NO.ClHO4/c6-5-3-1-2-4-7-5;2-1(3,4)5/h1-4,6H;(H,2,3,4,5). The van der Waals surface area contributed by atoms with Gasteiger partial charge >= 0.3 is 5.55 Å². The highest BCUT2D eigenvalue weighted by atomic mass is 35.7. The monoisotopic (exact) mass is 195 g/mol. The summed E-state index contributed by atoms with van der Waals surface area (Å²) in [7, 11) is -4.94. The van der Waals surface area contributed by atoms with Gasteiger partial charge in [0.15, 0.2) is 0 Å². The van der Waals surface area contributed by atoms with Crippen LogP contribution in [-0.4, -0.2) is 0 Å². The number of rotatable bonds is 0. The van der Waals surface area contributed by atoms with E-state index in [1.54, 1.807) is 12.1 Å². The summed E-state index contributed by atoms with van der Waals surface area (Å²) in [5.41, 5.74) is 0.447. The van der Waals surface area contributed by atoms with E-state index in [-0.39, 0.29) is 0 Å². The summed E-state index contributed by atoms with van der Waals surface area (Å²) in [5, 5.41) is 5.19. The Morgan fingerprint density at radius 2 is 1.67 bits per heavy atom. The van der Waals surface area contributed by atoms with Crippen molar-refractivity contribution in [3.8, 4) is 0 Å². The normalized spacial score (nSPS) is 10.0. The molecule has 1 rings (SSSR count). The van der Waals surface area contributed by atoms with Gasteiger partial charge < -0.3 is 4.42 Å². The molecule has 0 aliphatic carbocycles. The zero-order chi connectivity index (χ0) is 9.61. The van der Waals surface area contributed by atoms with Crippen molar-refractivity contribution in [3.63, 3.8) is 0 Å². The van der Waals surface area contributed by atoms with Crippen molar-refractivity contribution in [2.24, 2.45) is 0 Å². The summed E-state index contributed by atoms with van der Waals surface area (Å²) in [6.45, 7) is 0. The van der Waals surface area contributed by atoms with Gasteiger partial charge in [0.25, 0.3) is 0 Å². The highest BCUT2D eigenvalue weighted by molar-refractivity contribution is 4.83. The lowest BCUT2D eigenvalue weighted by Crippen LogP contribution is -2.68. The van der Waals surface area contributed by atoms with Crippen LogP contribution in [0.4, 0.5) is 0 Å². The molecule has 0 aromatic carbocycles. The van der Waals surface area contributed by atoms with Crippen molar-refractivity contribution >= 4 is 0 Å². The molecule has 0 radical (unpaired) electrons. The van der Waals surface area contributed by atoms with E-state index < -0.39 is 10.2 Å². The maximum Gasteiger partial charge on any atom is 0.363 e. The third kappa shape index (κ3) is 11.8. The van der Waals surface area contributed by atoms with Crippen molar-refractivity contribution in [3.05, 3.63) is 30.0 Å². The summed E-state index contributed by atoms with van der Waals surface area (Å²) in [4.78, 5) is 0. The molecular weight excluding hydrogens is 190 g/mol. The molecule has 0 aliphatic rings. The minimum absolute atomic E-state index is 0.447. The van der Waals surface area contributed by atoms with Crippen LogP contribution in [0.2, 0.25) is 0 Å². The van der Waals surface area contributed by atoms with Gasteiger partial charge in [0.05, 0.1) is 12.3 Å². The van der Waals surface area contributed by atoms with Gasteiger partial charge in [-0.15, -0.1) is 10.2 Å². The van der Waals surface area contributed by atoms with Crippen LogP contribution in [-0.2, 0) is 0 Å². The molecule has 0 spiro atoms. The van der Waals surface area contributed by atoms with Gasteiger partial charge in [-0.2, -0.15) is 0 Å². The molecular formula is C5H6ClNO5. The third-order valence-corrected chi connectivity index (χ3v) is 0.654. The molecule has 1 heterocycles. The van der Waals surface area contributed by atoms with Crippen molar-refractivity contribution in [1.29, 1.82) is 0 Å². The molecule has 7 heteroatoms. The average Bonchev–Trinajstić information content (AvgIpc) is 1.85. The second-order valence-corrected chi connectivity index (χ2v) is 2.34. The molecule has 68 valence electrons. The predicted molar refractivity (Wildman–Crippen MR) is 23.8 cm³/mol. The second kappa shape index (κ2) is 4.86. The lowest BCUT2D eigenvalue weighted by molar-refractivity contribution is -2.00. The topological polar surface area (TPSA) is 131 Å². The van der Waals surface area contributed by atoms with Gasteiger partial charge in [-0.3, -0.25) is 0 Å². The van der Waals surface area contributed by atoms with Gasteiger partial charge in [-0.25, -0.2) is 24.0 Å². The number of hydrogen-bond acceptors (Lipinski definition) is 5. The Balaban J connectivity index is 0.000000217. The Morgan fingerprint density at radius 3 is 1.83 bits per heavy atom. The number of nitrogens with two attached hydrogens (primary N) is 1. The van der Waals surface area contributed by atoms with E-state index in [0.717, 1.165) is 0 Å². The second-order valence-electron chi connectivity index (χ2n) is 1.59. The van der Waals surface area contributed by atoms with E-state index in [4.69, 9.17) is 28.5 Å². The molecule has 12 heavy (non-hydrogen) atoms. The van der Waals surface area contributed by atoms with Gasteiger partial charge in [0, 0.05) is 0 Å². The van der Waals surface area contributed by atoms with Crippen molar-refractivity contribution in [2.45, 2.75) is 0 Å². The lowest BCUT2D eigenvalue weighted by Gasteiger charge is -2.17. The van der Waals surface area contributed by atoms with Crippen LogP contribution in [0.1, 0.15) is 0 Å². The van der Waals surface area contributed by atoms with Gasteiger partial charge in [-0.1, -0.05) is 0 Å². The fourth-order valence-electron chi connectivity index (χ4n) is 0.353. The number of halogens is 1. The first kappa shape index (κ1) is 11.1. The zero-order valence-corrected chi connectivity index (χ0v) is 6.56. The minimum Gasteiger partial charge on any atom is -0.414 e. The molecule has 1 aromatic heterocycles. The van der Waals surface area contributed by atoms with E-state index in [2.05, 4.69) is 0 Å². The molecule has 0 unspecified atom stereocenters. The van der Waals surface area contributed by atoms with Crippen LogP contribution in [0.15, 0.2) is 28.9 Å². The largest absolute Gasteiger partial charge is 0.414 e. The summed E-state index contributed by atoms with van der Waals surface area (Å²) in [6.07, 6.45) is 1.54. The van der Waals surface area contributed by atoms with Crippen LogP contribution in [0.25, 0.3) is 0 Å². The molecule has 2 N–H and O–H groups in total. The molecule has 6 nitrogen and oxygen atoms in total. The molecule has 0 fully saturated rings. The Kier molecular flexibility index (Phi) is 4.49. The lowest BCUT2D eigenvalue weighted by atomic mass is 10.5. The Labute approximate surface area is 69.6 Å². The summed E-state index contributed by atoms with van der Waals surface area (Å²) < 4.78 is 38.7. The van der Waals surface area contributed by atoms with E-state index in [1.165, 1.54) is 6.26 Å². The first-order chi connectivity index (χ1) is 5.39. The molecule has 0 saturated heterocycles. The first-order valence-electron chi connectivity index (χ1n) is 2.63. The summed E-state index contributed by atoms with van der Waals surface area (Å²) >= 11 is 0. The van der Waals surface area contributed by atoms with Crippen molar-refractivity contribution < 1.29 is 38.7 Å². The van der Waals surface area contributed by atoms with Crippen LogP contribution >= 0.6 is 0 Å². The molecule has 0 aliphatic heterocycles. The van der Waals surface area contributed by atoms with Gasteiger partial charge in [0.2, 0.25) is 0 Å². The van der Waals surface area contributed by atoms with E-state index in [9.17, 15) is 0 Å². The highest BCUT2D eigenvalue weighted by Gasteiger charge is 1.84. The van der Waals surface area contributed by atoms with Crippen molar-refractivity contribution in [1.82, 2.24) is 0 Å². The Morgan fingerprint density at radius 1 is 1.17 bits per heavy atom. The van der Waals surface area contributed by atoms with Gasteiger partial charge in [-0.05, 0) is 12.1 Å². The van der Waals surface area contributed by atoms with Crippen LogP contribution in [0.3, 0.4) is 0 Å². The van der Waals surface area contributed by atoms with Gasteiger partial charge in [0.1, 0.15) is 0 Å². The number of hydrogen-bond donors (Lipinski definition) is 1. The minimum atomic E-state index is -4.94. The first-order valence-corrected chi connectivity index (χ1v) is 3.87. The average molecular weight is 196 g/mol. The maximum atomic E-state index is 8.49. The fourth-order valence-corrected chi connectivity index (χ4v) is 0.353. The molecule has 0 bridgehead atoms. The summed E-state index contributed by atoms with van der Waals surface area (Å²) in [6, 6.07) is 5.29. The smallest absolute Gasteiger partial charge is 0.363 e. The van der Waals surface area contributed by atoms with Crippen LogP contribution < -0.4 is 29.6 Å². The van der Waals surface area contributed by atoms with E-state index in [0.29, 0.717) is 5.55 Å². The Bertz CT molecular complexity index is 244. The quantitative estimate of drug-likeness (QED) is 0.441. The summed E-state index contributed by atoms with van der Waals surface area (Å²) in [5.74, 6) is 0. The van der Waals surface area contributed by atoms with Crippen molar-refractivity contribution in [2.75, 3.05) is 0 Å².